The van der Waals surface area contributed by atoms with Gasteiger partial charge in [0.25, 0.3) is 0 Å². The molecule has 2 heterocycles. The van der Waals surface area contributed by atoms with Crippen LogP contribution in [-0.4, -0.2) is 106 Å². The Hall–Kier alpha value is -3.24. The van der Waals surface area contributed by atoms with E-state index in [4.69, 9.17) is 0 Å². The largest absolute Gasteiger partial charge is 0.394 e. The van der Waals surface area contributed by atoms with Gasteiger partial charge < -0.3 is 25.5 Å². The number of rotatable bonds is 13. The number of aliphatic hydroxyl groups is 1. The maximum atomic E-state index is 14.2. The standard InChI is InChI=1S/C38H61N5O5/c1-25(2)32(41(9)37(48)33(38(6,7)8)40-35(46)30-18-13-14-20-42(30)26(3)4)22-27(5)36(47)43-21-15-19-31(43)34(45)39-29(24-44)23-28-16-11-10-12-17-28/h10-12,16-17,22,25-26,29-33,44H,13-15,18-21,23-24H2,1-9H3,(H,39,45)(H,40,46)/b27-22+/t29?,30?,31?,32-,33?/m1/s1. The van der Waals surface area contributed by atoms with Crippen LogP contribution in [0.25, 0.3) is 0 Å². The molecule has 4 unspecified atom stereocenters. The van der Waals surface area contributed by atoms with Crippen molar-refractivity contribution in [2.45, 2.75) is 130 Å². The normalized spacial score (nSPS) is 21.2. The molecule has 10 heteroatoms. The van der Waals surface area contributed by atoms with Gasteiger partial charge in [-0.15, -0.1) is 0 Å². The third-order valence-corrected chi connectivity index (χ3v) is 9.85. The smallest absolute Gasteiger partial charge is 0.249 e. The Morgan fingerprint density at radius 1 is 0.938 bits per heavy atom. The fraction of sp³-hybridized carbons (Fsp3) is 0.684. The quantitative estimate of drug-likeness (QED) is 0.274. The number of likely N-dealkylation sites (tertiary alicyclic amines) is 2. The first-order valence-electron chi connectivity index (χ1n) is 17.8. The number of amides is 4. The van der Waals surface area contributed by atoms with Gasteiger partial charge >= 0.3 is 0 Å². The molecule has 3 N–H and O–H groups in total. The van der Waals surface area contributed by atoms with E-state index in [-0.39, 0.29) is 48.2 Å². The van der Waals surface area contributed by atoms with E-state index in [9.17, 15) is 24.3 Å². The molecular weight excluding hydrogens is 606 g/mol. The molecular formula is C38H61N5O5. The highest BCUT2D eigenvalue weighted by Crippen LogP contribution is 2.27. The van der Waals surface area contributed by atoms with E-state index in [2.05, 4.69) is 29.4 Å². The molecule has 3 rings (SSSR count). The zero-order valence-corrected chi connectivity index (χ0v) is 30.8. The summed E-state index contributed by atoms with van der Waals surface area (Å²) in [6.07, 6.45) is 6.38. The lowest BCUT2D eigenvalue weighted by Gasteiger charge is -2.41. The summed E-state index contributed by atoms with van der Waals surface area (Å²) in [5, 5.41) is 16.1. The van der Waals surface area contributed by atoms with Crippen LogP contribution in [0, 0.1) is 11.3 Å². The Morgan fingerprint density at radius 2 is 1.56 bits per heavy atom. The fourth-order valence-electron chi connectivity index (χ4n) is 7.04. The summed E-state index contributed by atoms with van der Waals surface area (Å²) in [6, 6.07) is 7.39. The van der Waals surface area contributed by atoms with Crippen LogP contribution in [0.3, 0.4) is 0 Å². The number of benzene rings is 1. The predicted octanol–water partition coefficient (Wildman–Crippen LogP) is 3.92. The van der Waals surface area contributed by atoms with Crippen molar-refractivity contribution in [2.75, 3.05) is 26.7 Å². The topological polar surface area (TPSA) is 122 Å². The van der Waals surface area contributed by atoms with E-state index < -0.39 is 29.6 Å². The van der Waals surface area contributed by atoms with Crippen LogP contribution in [0.5, 0.6) is 0 Å². The molecule has 2 aliphatic rings. The Balaban J connectivity index is 1.75. The third-order valence-electron chi connectivity index (χ3n) is 9.85. The Kier molecular flexibility index (Phi) is 14.2. The van der Waals surface area contributed by atoms with Gasteiger partial charge in [0.1, 0.15) is 12.1 Å². The lowest BCUT2D eigenvalue weighted by Crippen LogP contribution is -2.60. The zero-order valence-electron chi connectivity index (χ0n) is 30.8. The van der Waals surface area contributed by atoms with E-state index in [0.717, 1.165) is 31.4 Å². The van der Waals surface area contributed by atoms with Gasteiger partial charge in [-0.25, -0.2) is 0 Å². The van der Waals surface area contributed by atoms with Gasteiger partial charge in [-0.3, -0.25) is 24.1 Å². The number of carbonyl (C=O) groups is 4. The minimum Gasteiger partial charge on any atom is -0.394 e. The Morgan fingerprint density at radius 3 is 2.15 bits per heavy atom. The maximum Gasteiger partial charge on any atom is 0.249 e. The van der Waals surface area contributed by atoms with Crippen LogP contribution in [0.1, 0.15) is 93.1 Å². The summed E-state index contributed by atoms with van der Waals surface area (Å²) in [5.41, 5.74) is 0.924. The van der Waals surface area contributed by atoms with Crippen molar-refractivity contribution in [3.05, 3.63) is 47.5 Å². The first-order valence-corrected chi connectivity index (χ1v) is 17.8. The van der Waals surface area contributed by atoms with Crippen molar-refractivity contribution in [1.29, 1.82) is 0 Å². The summed E-state index contributed by atoms with van der Waals surface area (Å²) < 4.78 is 0. The molecule has 48 heavy (non-hydrogen) atoms. The van der Waals surface area contributed by atoms with Gasteiger partial charge in [0.15, 0.2) is 0 Å². The third kappa shape index (κ3) is 10.1. The lowest BCUT2D eigenvalue weighted by atomic mass is 9.84. The van der Waals surface area contributed by atoms with E-state index in [1.54, 1.807) is 23.8 Å². The van der Waals surface area contributed by atoms with E-state index in [1.165, 1.54) is 0 Å². The number of nitrogens with zero attached hydrogens (tertiary/aromatic N) is 3. The number of hydrogen-bond donors (Lipinski definition) is 3. The highest BCUT2D eigenvalue weighted by atomic mass is 16.3. The van der Waals surface area contributed by atoms with Gasteiger partial charge in [0.05, 0.1) is 24.7 Å². The van der Waals surface area contributed by atoms with Crippen LogP contribution in [0.2, 0.25) is 0 Å². The second-order valence-corrected chi connectivity index (χ2v) is 15.4. The highest BCUT2D eigenvalue weighted by molar-refractivity contribution is 5.97. The Labute approximate surface area is 288 Å². The van der Waals surface area contributed by atoms with Gasteiger partial charge in [0, 0.05) is 25.2 Å². The average molecular weight is 668 g/mol. The minimum absolute atomic E-state index is 0.0197. The van der Waals surface area contributed by atoms with Crippen LogP contribution < -0.4 is 10.6 Å². The van der Waals surface area contributed by atoms with Crippen LogP contribution in [0.4, 0.5) is 0 Å². The van der Waals surface area contributed by atoms with Crippen LogP contribution >= 0.6 is 0 Å². The fourth-order valence-corrected chi connectivity index (χ4v) is 7.04. The number of piperidine rings is 1. The molecule has 0 aliphatic carbocycles. The summed E-state index contributed by atoms with van der Waals surface area (Å²) in [4.78, 5) is 60.5. The first kappa shape index (κ1) is 39.2. The van der Waals surface area contributed by atoms with Crippen molar-refractivity contribution in [2.24, 2.45) is 11.3 Å². The second kappa shape index (κ2) is 17.4. The average Bonchev–Trinajstić information content (AvgIpc) is 3.54. The summed E-state index contributed by atoms with van der Waals surface area (Å²) in [5.74, 6) is -0.846. The second-order valence-electron chi connectivity index (χ2n) is 15.4. The molecule has 2 saturated heterocycles. The van der Waals surface area contributed by atoms with Crippen molar-refractivity contribution < 1.29 is 24.3 Å². The van der Waals surface area contributed by atoms with Crippen molar-refractivity contribution in [3.63, 3.8) is 0 Å². The SMILES string of the molecule is C/C(=C\[C@H](C(C)C)N(C)C(=O)C(NC(=O)C1CCCCN1C(C)C)C(C)(C)C)C(=O)N1CCCC1C(=O)NC(CO)Cc1ccccc1. The molecule has 268 valence electrons. The molecule has 0 aromatic heterocycles. The highest BCUT2D eigenvalue weighted by Gasteiger charge is 2.40. The molecule has 1 aromatic carbocycles. The molecule has 4 amide bonds. The molecule has 0 bridgehead atoms. The van der Waals surface area contributed by atoms with E-state index in [0.29, 0.717) is 31.4 Å². The van der Waals surface area contributed by atoms with Gasteiger partial charge in [-0.05, 0) is 76.3 Å². The number of nitrogens with one attached hydrogen (secondary N) is 2. The lowest BCUT2D eigenvalue weighted by molar-refractivity contribution is -0.142. The van der Waals surface area contributed by atoms with Gasteiger partial charge in [0.2, 0.25) is 23.6 Å². The van der Waals surface area contributed by atoms with E-state index >= 15 is 0 Å². The zero-order chi connectivity index (χ0) is 35.8. The molecule has 5 atom stereocenters. The van der Waals surface area contributed by atoms with Crippen molar-refractivity contribution >= 4 is 23.6 Å². The van der Waals surface area contributed by atoms with Crippen molar-refractivity contribution in [3.8, 4) is 0 Å². The molecule has 1 aromatic rings. The van der Waals surface area contributed by atoms with Gasteiger partial charge in [-0.1, -0.05) is 77.4 Å². The maximum absolute atomic E-state index is 14.2. The number of aliphatic hydroxyl groups excluding tert-OH is 1. The number of likely N-dealkylation sites (N-methyl/N-ethyl adjacent to an activating group) is 1. The number of carbonyl (C=O) groups excluding carboxylic acids is 4. The van der Waals surface area contributed by atoms with E-state index in [1.807, 2.05) is 71.0 Å². The van der Waals surface area contributed by atoms with Gasteiger partial charge in [-0.2, -0.15) is 0 Å². The molecule has 0 radical (unpaired) electrons. The molecule has 0 saturated carbocycles. The summed E-state index contributed by atoms with van der Waals surface area (Å²) in [6.45, 7) is 16.9. The first-order chi connectivity index (χ1) is 22.6. The van der Waals surface area contributed by atoms with Crippen molar-refractivity contribution in [1.82, 2.24) is 25.3 Å². The summed E-state index contributed by atoms with van der Waals surface area (Å²) >= 11 is 0. The minimum atomic E-state index is -0.751. The predicted molar refractivity (Wildman–Crippen MR) is 190 cm³/mol. The molecule has 10 nitrogen and oxygen atoms in total. The summed E-state index contributed by atoms with van der Waals surface area (Å²) in [7, 11) is 1.74. The molecule has 2 aliphatic heterocycles. The number of hydrogen-bond acceptors (Lipinski definition) is 6. The monoisotopic (exact) mass is 667 g/mol. The Bertz CT molecular complexity index is 1270. The molecule has 0 spiro atoms. The van der Waals surface area contributed by atoms with Crippen LogP contribution in [-0.2, 0) is 25.6 Å². The molecule has 2 fully saturated rings. The van der Waals surface area contributed by atoms with Crippen LogP contribution in [0.15, 0.2) is 42.0 Å².